The fourth-order valence-corrected chi connectivity index (χ4v) is 3.30. The first-order valence-electron chi connectivity index (χ1n) is 7.50. The van der Waals surface area contributed by atoms with E-state index in [9.17, 15) is 0 Å². The Morgan fingerprint density at radius 1 is 1.32 bits per heavy atom. The maximum atomic E-state index is 6.35. The summed E-state index contributed by atoms with van der Waals surface area (Å²) in [5.74, 6) is 2.57. The van der Waals surface area contributed by atoms with Crippen molar-refractivity contribution in [1.29, 1.82) is 0 Å². The second-order valence-electron chi connectivity index (χ2n) is 6.73. The molecule has 4 nitrogen and oxygen atoms in total. The van der Waals surface area contributed by atoms with Gasteiger partial charge in [0.2, 0.25) is 0 Å². The molecule has 2 N–H and O–H groups in total. The largest absolute Gasteiger partial charge is 0.326 e. The van der Waals surface area contributed by atoms with E-state index in [-0.39, 0.29) is 6.04 Å². The Morgan fingerprint density at radius 2 is 2.00 bits per heavy atom. The van der Waals surface area contributed by atoms with Gasteiger partial charge < -0.3 is 5.73 Å². The molecule has 1 aliphatic carbocycles. The normalized spacial score (nSPS) is 28.6. The summed E-state index contributed by atoms with van der Waals surface area (Å²) >= 11 is 0. The average Bonchev–Trinajstić information content (AvgIpc) is 2.68. The topological polar surface area (TPSA) is 56.7 Å². The maximum absolute atomic E-state index is 6.35. The van der Waals surface area contributed by atoms with Crippen LogP contribution in [0, 0.1) is 25.2 Å². The monoisotopic (exact) mass is 264 g/mol. The van der Waals surface area contributed by atoms with Crippen LogP contribution < -0.4 is 5.73 Å². The van der Waals surface area contributed by atoms with Gasteiger partial charge in [-0.15, -0.1) is 0 Å². The van der Waals surface area contributed by atoms with Crippen LogP contribution in [0.5, 0.6) is 0 Å². The van der Waals surface area contributed by atoms with Crippen LogP contribution in [0.3, 0.4) is 0 Å². The van der Waals surface area contributed by atoms with Gasteiger partial charge in [0.25, 0.3) is 0 Å². The number of rotatable bonds is 3. The first kappa shape index (κ1) is 14.5. The van der Waals surface area contributed by atoms with Crippen molar-refractivity contribution in [1.82, 2.24) is 14.8 Å². The van der Waals surface area contributed by atoms with E-state index >= 15 is 0 Å². The second kappa shape index (κ2) is 5.23. The Balaban J connectivity index is 2.22. The van der Waals surface area contributed by atoms with Crippen LogP contribution in [0.1, 0.15) is 64.1 Å². The molecule has 0 radical (unpaired) electrons. The van der Waals surface area contributed by atoms with Crippen LogP contribution >= 0.6 is 0 Å². The fraction of sp³-hybridized carbons (Fsp3) is 0.867. The van der Waals surface area contributed by atoms with Crippen molar-refractivity contribution in [2.45, 2.75) is 72.4 Å². The van der Waals surface area contributed by atoms with E-state index in [1.807, 2.05) is 13.8 Å². The smallest absolute Gasteiger partial charge is 0.147 e. The Labute approximate surface area is 116 Å². The lowest BCUT2D eigenvalue weighted by molar-refractivity contribution is 0.106. The molecule has 1 fully saturated rings. The summed E-state index contributed by atoms with van der Waals surface area (Å²) in [4.78, 5) is 4.42. The zero-order valence-corrected chi connectivity index (χ0v) is 13.0. The van der Waals surface area contributed by atoms with E-state index in [1.165, 1.54) is 12.8 Å². The Hall–Kier alpha value is -0.900. The third-order valence-corrected chi connectivity index (χ3v) is 5.11. The molecule has 0 bridgehead atoms. The summed E-state index contributed by atoms with van der Waals surface area (Å²) < 4.78 is 2.07. The van der Waals surface area contributed by atoms with Crippen LogP contribution in [0.25, 0.3) is 0 Å². The van der Waals surface area contributed by atoms with Gasteiger partial charge in [-0.25, -0.2) is 9.67 Å². The van der Waals surface area contributed by atoms with E-state index in [4.69, 9.17) is 5.73 Å². The minimum Gasteiger partial charge on any atom is -0.326 e. The molecule has 108 valence electrons. The molecule has 0 spiro atoms. The molecule has 0 saturated heterocycles. The average molecular weight is 264 g/mol. The van der Waals surface area contributed by atoms with Gasteiger partial charge in [0.15, 0.2) is 0 Å². The summed E-state index contributed by atoms with van der Waals surface area (Å²) in [6.45, 7) is 11.0. The lowest BCUT2D eigenvalue weighted by Gasteiger charge is -2.42. The summed E-state index contributed by atoms with van der Waals surface area (Å²) in [6, 6.07) is 0.523. The van der Waals surface area contributed by atoms with Gasteiger partial charge in [-0.3, -0.25) is 0 Å². The van der Waals surface area contributed by atoms with Crippen LogP contribution in [0.2, 0.25) is 0 Å². The minimum absolute atomic E-state index is 0.212. The van der Waals surface area contributed by atoms with E-state index in [2.05, 4.69) is 35.5 Å². The van der Waals surface area contributed by atoms with Gasteiger partial charge >= 0.3 is 0 Å². The third kappa shape index (κ3) is 2.83. The SMILES string of the molecule is CCC(C)(C)C1CCC(N)C(n2nc(C)nc2C)C1. The van der Waals surface area contributed by atoms with Gasteiger partial charge in [0, 0.05) is 6.04 Å². The molecular weight excluding hydrogens is 236 g/mol. The standard InChI is InChI=1S/C15H28N4/c1-6-15(4,5)12-7-8-13(16)14(9-12)19-11(3)17-10(2)18-19/h12-14H,6-9,16H2,1-5H3. The van der Waals surface area contributed by atoms with Gasteiger partial charge in [-0.2, -0.15) is 5.10 Å². The molecule has 1 saturated carbocycles. The molecule has 3 unspecified atom stereocenters. The zero-order valence-electron chi connectivity index (χ0n) is 13.0. The van der Waals surface area contributed by atoms with E-state index in [0.29, 0.717) is 11.5 Å². The number of nitrogens with zero attached hydrogens (tertiary/aromatic N) is 3. The van der Waals surface area contributed by atoms with E-state index in [1.54, 1.807) is 0 Å². The van der Waals surface area contributed by atoms with Crippen molar-refractivity contribution >= 4 is 0 Å². The molecule has 3 atom stereocenters. The van der Waals surface area contributed by atoms with Gasteiger partial charge in [-0.05, 0) is 44.4 Å². The molecule has 1 heterocycles. The molecular formula is C15H28N4. The highest BCUT2D eigenvalue weighted by molar-refractivity contribution is 4.97. The minimum atomic E-state index is 0.212. The molecule has 1 aromatic rings. The van der Waals surface area contributed by atoms with Crippen molar-refractivity contribution in [3.63, 3.8) is 0 Å². The van der Waals surface area contributed by atoms with Crippen molar-refractivity contribution in [2.24, 2.45) is 17.1 Å². The molecule has 0 aromatic carbocycles. The van der Waals surface area contributed by atoms with Gasteiger partial charge in [-0.1, -0.05) is 27.2 Å². The van der Waals surface area contributed by atoms with Gasteiger partial charge in [0.05, 0.1) is 6.04 Å². The molecule has 0 amide bonds. The summed E-state index contributed by atoms with van der Waals surface area (Å²) in [5.41, 5.74) is 6.74. The first-order valence-corrected chi connectivity index (χ1v) is 7.50. The summed E-state index contributed by atoms with van der Waals surface area (Å²) in [5, 5.41) is 4.55. The van der Waals surface area contributed by atoms with Gasteiger partial charge in [0.1, 0.15) is 11.6 Å². The molecule has 2 rings (SSSR count). The van der Waals surface area contributed by atoms with Crippen LogP contribution in [0.4, 0.5) is 0 Å². The molecule has 1 aromatic heterocycles. The zero-order chi connectivity index (χ0) is 14.2. The number of hydrogen-bond donors (Lipinski definition) is 1. The van der Waals surface area contributed by atoms with Crippen molar-refractivity contribution < 1.29 is 0 Å². The lowest BCUT2D eigenvalue weighted by Crippen LogP contribution is -2.42. The quantitative estimate of drug-likeness (QED) is 0.913. The second-order valence-corrected chi connectivity index (χ2v) is 6.73. The van der Waals surface area contributed by atoms with Crippen LogP contribution in [-0.2, 0) is 0 Å². The van der Waals surface area contributed by atoms with Crippen molar-refractivity contribution in [2.75, 3.05) is 0 Å². The van der Waals surface area contributed by atoms with Crippen LogP contribution in [-0.4, -0.2) is 20.8 Å². The molecule has 1 aliphatic rings. The highest BCUT2D eigenvalue weighted by Crippen LogP contribution is 2.43. The summed E-state index contributed by atoms with van der Waals surface area (Å²) in [7, 11) is 0. The predicted molar refractivity (Wildman–Crippen MR) is 77.9 cm³/mol. The van der Waals surface area contributed by atoms with Crippen molar-refractivity contribution in [3.05, 3.63) is 11.6 Å². The predicted octanol–water partition coefficient (Wildman–Crippen LogP) is 3.00. The lowest BCUT2D eigenvalue weighted by atomic mass is 9.67. The van der Waals surface area contributed by atoms with Crippen LogP contribution in [0.15, 0.2) is 0 Å². The van der Waals surface area contributed by atoms with E-state index in [0.717, 1.165) is 30.4 Å². The molecule has 4 heteroatoms. The highest BCUT2D eigenvalue weighted by Gasteiger charge is 2.37. The number of aryl methyl sites for hydroxylation is 2. The molecule has 0 aliphatic heterocycles. The Morgan fingerprint density at radius 3 is 2.53 bits per heavy atom. The first-order chi connectivity index (χ1) is 8.85. The number of hydrogen-bond acceptors (Lipinski definition) is 3. The Bertz CT molecular complexity index is 435. The third-order valence-electron chi connectivity index (χ3n) is 5.11. The fourth-order valence-electron chi connectivity index (χ4n) is 3.30. The molecule has 19 heavy (non-hydrogen) atoms. The number of aromatic nitrogens is 3. The highest BCUT2D eigenvalue weighted by atomic mass is 15.4. The Kier molecular flexibility index (Phi) is 4.00. The maximum Gasteiger partial charge on any atom is 0.147 e. The summed E-state index contributed by atoms with van der Waals surface area (Å²) in [6.07, 6.45) is 4.68. The number of nitrogens with two attached hydrogens (primary N) is 1. The van der Waals surface area contributed by atoms with E-state index < -0.39 is 0 Å². The van der Waals surface area contributed by atoms with Crippen molar-refractivity contribution in [3.8, 4) is 0 Å².